The minimum atomic E-state index is -0.285. The van der Waals surface area contributed by atoms with E-state index >= 15 is 0 Å². The Bertz CT molecular complexity index is 655. The zero-order chi connectivity index (χ0) is 19.3. The predicted molar refractivity (Wildman–Crippen MR) is 99.4 cm³/mol. The summed E-state index contributed by atoms with van der Waals surface area (Å²) in [4.78, 5) is 25.9. The maximum Gasteiger partial charge on any atom is 0.234 e. The van der Waals surface area contributed by atoms with E-state index in [1.165, 1.54) is 0 Å². The third kappa shape index (κ3) is 6.22. The van der Waals surface area contributed by atoms with Gasteiger partial charge in [0.1, 0.15) is 13.2 Å². The second-order valence-corrected chi connectivity index (χ2v) is 7.66. The summed E-state index contributed by atoms with van der Waals surface area (Å²) in [6, 6.07) is 5.49. The third-order valence-electron chi connectivity index (χ3n) is 3.79. The normalized spacial score (nSPS) is 14.7. The molecule has 1 aliphatic heterocycles. The van der Waals surface area contributed by atoms with E-state index in [1.54, 1.807) is 11.9 Å². The predicted octanol–water partition coefficient (Wildman–Crippen LogP) is 1.48. The molecular formula is C19H29N3O4. The van der Waals surface area contributed by atoms with Gasteiger partial charge in [-0.25, -0.2) is 0 Å². The molecule has 2 amide bonds. The van der Waals surface area contributed by atoms with E-state index in [0.29, 0.717) is 19.0 Å². The van der Waals surface area contributed by atoms with E-state index in [0.717, 1.165) is 11.3 Å². The molecule has 1 aromatic carbocycles. The fraction of sp³-hybridized carbons (Fsp3) is 0.579. The summed E-state index contributed by atoms with van der Waals surface area (Å²) in [5, 5.41) is 5.83. The quantitative estimate of drug-likeness (QED) is 0.800. The SMILES string of the molecule is C[C@H](NC(=O)CN(C)CC(=O)NC(C)(C)C)c1ccc2c(c1)OCCO2. The number of ether oxygens (including phenoxy) is 2. The summed E-state index contributed by atoms with van der Waals surface area (Å²) >= 11 is 0. The van der Waals surface area contributed by atoms with E-state index in [2.05, 4.69) is 10.6 Å². The van der Waals surface area contributed by atoms with Crippen molar-refractivity contribution in [1.82, 2.24) is 15.5 Å². The summed E-state index contributed by atoms with van der Waals surface area (Å²) in [6.45, 7) is 9.07. The fourth-order valence-electron chi connectivity index (χ4n) is 2.70. The molecule has 7 heteroatoms. The molecule has 7 nitrogen and oxygen atoms in total. The van der Waals surface area contributed by atoms with E-state index < -0.39 is 0 Å². The highest BCUT2D eigenvalue weighted by Gasteiger charge is 2.18. The number of amides is 2. The molecular weight excluding hydrogens is 334 g/mol. The second kappa shape index (κ2) is 8.40. The molecule has 144 valence electrons. The Kier molecular flexibility index (Phi) is 6.47. The molecule has 0 radical (unpaired) electrons. The van der Waals surface area contributed by atoms with E-state index in [9.17, 15) is 9.59 Å². The van der Waals surface area contributed by atoms with Crippen molar-refractivity contribution in [1.29, 1.82) is 0 Å². The van der Waals surface area contributed by atoms with Gasteiger partial charge in [-0.3, -0.25) is 14.5 Å². The molecule has 1 heterocycles. The zero-order valence-electron chi connectivity index (χ0n) is 16.2. The molecule has 1 atom stereocenters. The number of rotatable bonds is 6. The Balaban J connectivity index is 1.84. The molecule has 0 saturated heterocycles. The van der Waals surface area contributed by atoms with Crippen LogP contribution in [0.2, 0.25) is 0 Å². The Morgan fingerprint density at radius 1 is 1.12 bits per heavy atom. The van der Waals surface area contributed by atoms with Gasteiger partial charge in [0.25, 0.3) is 0 Å². The molecule has 0 aromatic heterocycles. The average Bonchev–Trinajstić information content (AvgIpc) is 2.51. The number of nitrogens with one attached hydrogen (secondary N) is 2. The highest BCUT2D eigenvalue weighted by molar-refractivity contribution is 5.81. The van der Waals surface area contributed by atoms with Crippen molar-refractivity contribution in [3.63, 3.8) is 0 Å². The molecule has 0 bridgehead atoms. The first kappa shape index (κ1) is 20.0. The van der Waals surface area contributed by atoms with Gasteiger partial charge in [-0.15, -0.1) is 0 Å². The van der Waals surface area contributed by atoms with Gasteiger partial charge in [-0.1, -0.05) is 6.07 Å². The summed E-state index contributed by atoms with van der Waals surface area (Å²) in [5.41, 5.74) is 0.656. The Labute approximate surface area is 155 Å². The number of carbonyl (C=O) groups is 2. The van der Waals surface area contributed by atoms with Crippen molar-refractivity contribution < 1.29 is 19.1 Å². The van der Waals surface area contributed by atoms with Gasteiger partial charge in [0.2, 0.25) is 11.8 Å². The molecule has 26 heavy (non-hydrogen) atoms. The Hall–Kier alpha value is -2.28. The number of likely N-dealkylation sites (N-methyl/N-ethyl adjacent to an activating group) is 1. The van der Waals surface area contributed by atoms with Gasteiger partial charge in [0.05, 0.1) is 19.1 Å². The van der Waals surface area contributed by atoms with Crippen LogP contribution in [0.15, 0.2) is 18.2 Å². The summed E-state index contributed by atoms with van der Waals surface area (Å²) in [5.74, 6) is 1.18. The minimum Gasteiger partial charge on any atom is -0.486 e. The smallest absolute Gasteiger partial charge is 0.234 e. The summed E-state index contributed by atoms with van der Waals surface area (Å²) in [6.07, 6.45) is 0. The zero-order valence-corrected chi connectivity index (χ0v) is 16.2. The van der Waals surface area contributed by atoms with Crippen molar-refractivity contribution in [2.45, 2.75) is 39.3 Å². The minimum absolute atomic E-state index is 0.104. The van der Waals surface area contributed by atoms with Crippen LogP contribution in [0, 0.1) is 0 Å². The van der Waals surface area contributed by atoms with Crippen LogP contribution in [0.5, 0.6) is 11.5 Å². The van der Waals surface area contributed by atoms with Gasteiger partial charge in [-0.05, 0) is 52.4 Å². The lowest BCUT2D eigenvalue weighted by Gasteiger charge is -2.24. The Morgan fingerprint density at radius 2 is 1.73 bits per heavy atom. The van der Waals surface area contributed by atoms with Crippen molar-refractivity contribution in [2.24, 2.45) is 0 Å². The van der Waals surface area contributed by atoms with Crippen LogP contribution < -0.4 is 20.1 Å². The van der Waals surface area contributed by atoms with Crippen LogP contribution in [-0.2, 0) is 9.59 Å². The van der Waals surface area contributed by atoms with Crippen molar-refractivity contribution in [3.05, 3.63) is 23.8 Å². The first-order valence-electron chi connectivity index (χ1n) is 8.82. The van der Waals surface area contributed by atoms with Crippen LogP contribution >= 0.6 is 0 Å². The maximum atomic E-state index is 12.3. The average molecular weight is 363 g/mol. The van der Waals surface area contributed by atoms with Gasteiger partial charge in [-0.2, -0.15) is 0 Å². The largest absolute Gasteiger partial charge is 0.486 e. The number of hydrogen-bond acceptors (Lipinski definition) is 5. The lowest BCUT2D eigenvalue weighted by Crippen LogP contribution is -2.47. The van der Waals surface area contributed by atoms with Crippen LogP contribution in [0.3, 0.4) is 0 Å². The summed E-state index contributed by atoms with van der Waals surface area (Å²) < 4.78 is 11.1. The number of hydrogen-bond donors (Lipinski definition) is 2. The molecule has 1 aromatic rings. The Morgan fingerprint density at radius 3 is 2.38 bits per heavy atom. The third-order valence-corrected chi connectivity index (χ3v) is 3.79. The number of fused-ring (bicyclic) bond motifs is 1. The molecule has 0 fully saturated rings. The topological polar surface area (TPSA) is 79.9 Å². The number of benzene rings is 1. The number of carbonyl (C=O) groups excluding carboxylic acids is 2. The number of nitrogens with zero attached hydrogens (tertiary/aromatic N) is 1. The van der Waals surface area contributed by atoms with E-state index in [-0.39, 0.29) is 36.5 Å². The van der Waals surface area contributed by atoms with Gasteiger partial charge in [0, 0.05) is 5.54 Å². The maximum absolute atomic E-state index is 12.3. The van der Waals surface area contributed by atoms with Crippen LogP contribution in [-0.4, -0.2) is 55.6 Å². The second-order valence-electron chi connectivity index (χ2n) is 7.66. The van der Waals surface area contributed by atoms with Gasteiger partial charge in [0.15, 0.2) is 11.5 Å². The van der Waals surface area contributed by atoms with Crippen LogP contribution in [0.4, 0.5) is 0 Å². The molecule has 0 unspecified atom stereocenters. The molecule has 2 N–H and O–H groups in total. The summed E-state index contributed by atoms with van der Waals surface area (Å²) in [7, 11) is 1.75. The van der Waals surface area contributed by atoms with Crippen LogP contribution in [0.1, 0.15) is 39.3 Å². The lowest BCUT2D eigenvalue weighted by molar-refractivity contribution is -0.125. The van der Waals surface area contributed by atoms with Gasteiger partial charge >= 0.3 is 0 Å². The molecule has 2 rings (SSSR count). The first-order chi connectivity index (χ1) is 12.1. The molecule has 0 saturated carbocycles. The molecule has 0 aliphatic carbocycles. The molecule has 1 aliphatic rings. The van der Waals surface area contributed by atoms with E-state index in [4.69, 9.17) is 9.47 Å². The van der Waals surface area contributed by atoms with Gasteiger partial charge < -0.3 is 20.1 Å². The van der Waals surface area contributed by atoms with Crippen molar-refractivity contribution >= 4 is 11.8 Å². The van der Waals surface area contributed by atoms with Crippen molar-refractivity contribution in [3.8, 4) is 11.5 Å². The molecule has 0 spiro atoms. The highest BCUT2D eigenvalue weighted by Crippen LogP contribution is 2.32. The van der Waals surface area contributed by atoms with Crippen molar-refractivity contribution in [2.75, 3.05) is 33.4 Å². The first-order valence-corrected chi connectivity index (χ1v) is 8.82. The fourth-order valence-corrected chi connectivity index (χ4v) is 2.70. The monoisotopic (exact) mass is 363 g/mol. The standard InChI is InChI=1S/C19H29N3O4/c1-13(14-6-7-15-16(10-14)26-9-8-25-15)20-17(23)11-22(5)12-18(24)21-19(2,3)4/h6-7,10,13H,8-9,11-12H2,1-5H3,(H,20,23)(H,21,24)/t13-/m0/s1. The highest BCUT2D eigenvalue weighted by atomic mass is 16.6. The van der Waals surface area contributed by atoms with Crippen LogP contribution in [0.25, 0.3) is 0 Å². The lowest BCUT2D eigenvalue weighted by atomic mass is 10.1. The van der Waals surface area contributed by atoms with E-state index in [1.807, 2.05) is 45.9 Å².